The number of hydrogen-bond donors (Lipinski definition) is 0. The molecule has 0 aliphatic carbocycles. The molecule has 1 aromatic carbocycles. The Hall–Kier alpha value is -2.04. The predicted octanol–water partition coefficient (Wildman–Crippen LogP) is 2.39. The van der Waals surface area contributed by atoms with Crippen LogP contribution in [0.25, 0.3) is 0 Å². The molecule has 0 bridgehead atoms. The Morgan fingerprint density at radius 2 is 1.95 bits per heavy atom. The molecule has 0 amide bonds. The van der Waals surface area contributed by atoms with Crippen LogP contribution in [-0.4, -0.2) is 38.5 Å². The lowest BCUT2D eigenvalue weighted by molar-refractivity contribution is -0.141. The third kappa shape index (κ3) is 3.35. The smallest absolute Gasteiger partial charge is 0.311 e. The molecule has 114 valence electrons. The highest BCUT2D eigenvalue weighted by molar-refractivity contribution is 6.11. The summed E-state index contributed by atoms with van der Waals surface area (Å²) in [6, 6.07) is 3.99. The van der Waals surface area contributed by atoms with Crippen LogP contribution in [0.4, 0.5) is 0 Å². The van der Waals surface area contributed by atoms with Gasteiger partial charge in [0.25, 0.3) is 0 Å². The van der Waals surface area contributed by atoms with Gasteiger partial charge in [-0.2, -0.15) is 0 Å². The van der Waals surface area contributed by atoms with Crippen molar-refractivity contribution < 1.29 is 19.0 Å². The molecule has 0 spiro atoms. The number of ether oxygens (including phenoxy) is 3. The summed E-state index contributed by atoms with van der Waals surface area (Å²) in [4.78, 5) is 16.3. The van der Waals surface area contributed by atoms with Crippen molar-refractivity contribution in [3.05, 3.63) is 23.3 Å². The van der Waals surface area contributed by atoms with Crippen LogP contribution in [0.5, 0.6) is 11.5 Å². The maximum absolute atomic E-state index is 11.7. The number of benzene rings is 1. The molecule has 5 heteroatoms. The lowest BCUT2D eigenvalue weighted by atomic mass is 9.92. The van der Waals surface area contributed by atoms with Crippen LogP contribution < -0.4 is 9.47 Å². The van der Waals surface area contributed by atoms with Crippen molar-refractivity contribution in [3.63, 3.8) is 0 Å². The molecule has 1 aliphatic rings. The third-order valence-electron chi connectivity index (χ3n) is 3.43. The Morgan fingerprint density at radius 1 is 1.29 bits per heavy atom. The van der Waals surface area contributed by atoms with Crippen LogP contribution in [0.3, 0.4) is 0 Å². The number of carbonyl (C=O) groups is 1. The predicted molar refractivity (Wildman–Crippen MR) is 80.5 cm³/mol. The second-order valence-electron chi connectivity index (χ2n) is 4.98. The van der Waals surface area contributed by atoms with Crippen molar-refractivity contribution in [1.82, 2.24) is 0 Å². The van der Waals surface area contributed by atoms with Crippen molar-refractivity contribution in [3.8, 4) is 11.5 Å². The molecule has 1 aliphatic heterocycles. The van der Waals surface area contributed by atoms with Crippen LogP contribution in [-0.2, 0) is 16.0 Å². The normalized spacial score (nSPS) is 16.8. The van der Waals surface area contributed by atoms with Crippen molar-refractivity contribution in [2.75, 3.05) is 20.8 Å². The zero-order chi connectivity index (χ0) is 15.4. The zero-order valence-corrected chi connectivity index (χ0v) is 12.9. The van der Waals surface area contributed by atoms with E-state index >= 15 is 0 Å². The largest absolute Gasteiger partial charge is 0.493 e. The lowest BCUT2D eigenvalue weighted by Crippen LogP contribution is -2.22. The average Bonchev–Trinajstić information content (AvgIpc) is 2.46. The van der Waals surface area contributed by atoms with Gasteiger partial charge in [0.05, 0.1) is 39.0 Å². The summed E-state index contributed by atoms with van der Waals surface area (Å²) in [6.45, 7) is 4.20. The van der Waals surface area contributed by atoms with Gasteiger partial charge in [-0.05, 0) is 38.0 Å². The number of esters is 1. The van der Waals surface area contributed by atoms with E-state index in [1.54, 1.807) is 21.1 Å². The topological polar surface area (TPSA) is 57.1 Å². The molecule has 2 rings (SSSR count). The number of carbonyl (C=O) groups excluding carboxylic acids is 1. The Bertz CT molecular complexity index is 566. The van der Waals surface area contributed by atoms with E-state index in [4.69, 9.17) is 14.2 Å². The highest BCUT2D eigenvalue weighted by Gasteiger charge is 2.23. The van der Waals surface area contributed by atoms with Crippen LogP contribution in [0.1, 0.15) is 31.4 Å². The van der Waals surface area contributed by atoms with Crippen molar-refractivity contribution in [2.45, 2.75) is 32.7 Å². The van der Waals surface area contributed by atoms with Gasteiger partial charge in [-0.1, -0.05) is 0 Å². The first-order chi connectivity index (χ1) is 10.1. The Labute approximate surface area is 124 Å². The molecule has 1 aromatic rings. The number of aliphatic imine (C=N–C) groups is 1. The van der Waals surface area contributed by atoms with E-state index < -0.39 is 0 Å². The summed E-state index contributed by atoms with van der Waals surface area (Å²) in [5.74, 6) is 1.08. The highest BCUT2D eigenvalue weighted by atomic mass is 16.5. The molecule has 1 unspecified atom stereocenters. The van der Waals surface area contributed by atoms with Gasteiger partial charge in [-0.3, -0.25) is 9.79 Å². The number of hydrogen-bond acceptors (Lipinski definition) is 5. The lowest BCUT2D eigenvalue weighted by Gasteiger charge is -2.22. The Kier molecular flexibility index (Phi) is 4.83. The molecule has 0 N–H and O–H groups in total. The zero-order valence-electron chi connectivity index (χ0n) is 12.9. The van der Waals surface area contributed by atoms with Crippen molar-refractivity contribution in [2.24, 2.45) is 4.99 Å². The van der Waals surface area contributed by atoms with E-state index in [1.165, 1.54) is 0 Å². The van der Waals surface area contributed by atoms with Gasteiger partial charge in [0.15, 0.2) is 11.5 Å². The maximum atomic E-state index is 11.7. The average molecular weight is 291 g/mol. The summed E-state index contributed by atoms with van der Waals surface area (Å²) in [5.41, 5.74) is 2.82. The summed E-state index contributed by atoms with van der Waals surface area (Å²) in [5, 5.41) is 0. The van der Waals surface area contributed by atoms with E-state index in [0.717, 1.165) is 23.3 Å². The minimum atomic E-state index is -0.258. The molecule has 5 nitrogen and oxygen atoms in total. The monoisotopic (exact) mass is 291 g/mol. The molecule has 1 heterocycles. The number of rotatable bonds is 5. The molecule has 0 saturated carbocycles. The van der Waals surface area contributed by atoms with E-state index in [-0.39, 0.29) is 18.4 Å². The molecule has 1 atom stereocenters. The molecular weight excluding hydrogens is 270 g/mol. The fourth-order valence-corrected chi connectivity index (χ4v) is 2.55. The number of nitrogens with zero attached hydrogens (tertiary/aromatic N) is 1. The molecule has 0 fully saturated rings. The molecule has 0 aromatic heterocycles. The number of methoxy groups -OCH3 is 2. The van der Waals surface area contributed by atoms with E-state index in [9.17, 15) is 4.79 Å². The fourth-order valence-electron chi connectivity index (χ4n) is 2.55. The molecular formula is C16H21NO4. The van der Waals surface area contributed by atoms with Gasteiger partial charge >= 0.3 is 5.97 Å². The fraction of sp³-hybridized carbons (Fsp3) is 0.500. The second kappa shape index (κ2) is 6.61. The van der Waals surface area contributed by atoms with Crippen LogP contribution in [0, 0.1) is 0 Å². The molecule has 21 heavy (non-hydrogen) atoms. The van der Waals surface area contributed by atoms with Crippen molar-refractivity contribution in [1.29, 1.82) is 0 Å². The first kappa shape index (κ1) is 15.4. The summed E-state index contributed by atoms with van der Waals surface area (Å²) in [7, 11) is 3.21. The van der Waals surface area contributed by atoms with Crippen molar-refractivity contribution >= 4 is 11.7 Å². The standard InChI is InChI=1S/C16H21NO4/c1-5-21-16(18)9-13-12-8-15(20-4)14(19-3)7-11(12)6-10(2)17-13/h7-8,10H,5-6,9H2,1-4H3. The third-order valence-corrected chi connectivity index (χ3v) is 3.43. The van der Waals surface area contributed by atoms with Gasteiger partial charge in [0.2, 0.25) is 0 Å². The van der Waals surface area contributed by atoms with Gasteiger partial charge in [-0.25, -0.2) is 0 Å². The van der Waals surface area contributed by atoms with E-state index in [2.05, 4.69) is 4.99 Å². The summed E-state index contributed by atoms with van der Waals surface area (Å²) >= 11 is 0. The molecule has 0 saturated heterocycles. The van der Waals surface area contributed by atoms with Gasteiger partial charge < -0.3 is 14.2 Å². The van der Waals surface area contributed by atoms with Crippen LogP contribution in [0.15, 0.2) is 17.1 Å². The van der Waals surface area contributed by atoms with E-state index in [1.807, 2.05) is 19.1 Å². The maximum Gasteiger partial charge on any atom is 0.311 e. The SMILES string of the molecule is CCOC(=O)CC1=NC(C)Cc2cc(OC)c(OC)cc21. The van der Waals surface area contributed by atoms with Gasteiger partial charge in [0.1, 0.15) is 0 Å². The minimum Gasteiger partial charge on any atom is -0.493 e. The van der Waals surface area contributed by atoms with Crippen LogP contribution in [0.2, 0.25) is 0 Å². The van der Waals surface area contributed by atoms with E-state index in [0.29, 0.717) is 18.1 Å². The molecule has 0 radical (unpaired) electrons. The highest BCUT2D eigenvalue weighted by Crippen LogP contribution is 2.34. The minimum absolute atomic E-state index is 0.139. The van der Waals surface area contributed by atoms with Gasteiger partial charge in [0, 0.05) is 5.56 Å². The van der Waals surface area contributed by atoms with Gasteiger partial charge in [-0.15, -0.1) is 0 Å². The first-order valence-electron chi connectivity index (χ1n) is 7.06. The number of fused-ring (bicyclic) bond motifs is 1. The van der Waals surface area contributed by atoms with Crippen LogP contribution >= 0.6 is 0 Å². The summed E-state index contributed by atoms with van der Waals surface area (Å²) < 4.78 is 15.7. The quantitative estimate of drug-likeness (QED) is 0.782. The summed E-state index contributed by atoms with van der Waals surface area (Å²) in [6.07, 6.45) is 1.00. The Morgan fingerprint density at radius 3 is 2.57 bits per heavy atom. The second-order valence-corrected chi connectivity index (χ2v) is 4.98. The Balaban J connectivity index is 2.39. The first-order valence-corrected chi connectivity index (χ1v) is 7.06.